The van der Waals surface area contributed by atoms with Crippen LogP contribution in [0.15, 0.2) is 35.7 Å². The van der Waals surface area contributed by atoms with Crippen LogP contribution in [0.25, 0.3) is 0 Å². The first kappa shape index (κ1) is 14.6. The van der Waals surface area contributed by atoms with Gasteiger partial charge in [0.1, 0.15) is 5.25 Å². The van der Waals surface area contributed by atoms with Gasteiger partial charge in [-0.15, -0.1) is 23.1 Å². The van der Waals surface area contributed by atoms with Crippen LogP contribution in [-0.2, 0) is 17.6 Å². The number of carbonyl (C=O) groups excluding carboxylic acids is 1. The van der Waals surface area contributed by atoms with E-state index in [0.717, 1.165) is 23.4 Å². The number of aliphatic hydroxyl groups is 1. The number of anilines is 1. The minimum atomic E-state index is -0.0999. The van der Waals surface area contributed by atoms with E-state index in [1.54, 1.807) is 23.1 Å². The molecular formula is C16H17NO2S2. The second kappa shape index (κ2) is 6.64. The molecule has 0 aliphatic carbocycles. The Morgan fingerprint density at radius 1 is 1.29 bits per heavy atom. The van der Waals surface area contributed by atoms with E-state index in [4.69, 9.17) is 5.11 Å². The zero-order valence-electron chi connectivity index (χ0n) is 11.5. The fraction of sp³-hybridized carbons (Fsp3) is 0.312. The van der Waals surface area contributed by atoms with Crippen molar-refractivity contribution < 1.29 is 9.90 Å². The Hall–Kier alpha value is -1.30. The Morgan fingerprint density at radius 2 is 2.10 bits per heavy atom. The van der Waals surface area contributed by atoms with Crippen LogP contribution in [-0.4, -0.2) is 23.4 Å². The van der Waals surface area contributed by atoms with Gasteiger partial charge in [0, 0.05) is 17.2 Å². The van der Waals surface area contributed by atoms with Crippen LogP contribution < -0.4 is 5.32 Å². The van der Waals surface area contributed by atoms with Crippen molar-refractivity contribution in [3.05, 3.63) is 51.7 Å². The van der Waals surface area contributed by atoms with Crippen molar-refractivity contribution in [2.45, 2.75) is 18.1 Å². The highest BCUT2D eigenvalue weighted by atomic mass is 32.2. The molecule has 2 N–H and O–H groups in total. The molecule has 0 fully saturated rings. The van der Waals surface area contributed by atoms with Crippen LogP contribution in [0.5, 0.6) is 0 Å². The first-order valence-electron chi connectivity index (χ1n) is 6.96. The van der Waals surface area contributed by atoms with E-state index < -0.39 is 0 Å². The number of aryl methyl sites for hydroxylation is 1. The van der Waals surface area contributed by atoms with Crippen molar-refractivity contribution >= 4 is 34.7 Å². The van der Waals surface area contributed by atoms with Crippen molar-refractivity contribution in [3.63, 3.8) is 0 Å². The van der Waals surface area contributed by atoms with Gasteiger partial charge in [0.05, 0.1) is 0 Å². The van der Waals surface area contributed by atoms with E-state index in [1.807, 2.05) is 24.3 Å². The number of nitrogens with one attached hydrogen (secondary N) is 1. The van der Waals surface area contributed by atoms with E-state index in [9.17, 15) is 4.79 Å². The van der Waals surface area contributed by atoms with E-state index >= 15 is 0 Å². The maximum absolute atomic E-state index is 12.5. The summed E-state index contributed by atoms with van der Waals surface area (Å²) in [6.45, 7) is 0.144. The number of thiophene rings is 1. The summed E-state index contributed by atoms with van der Waals surface area (Å²) in [7, 11) is 0. The van der Waals surface area contributed by atoms with Gasteiger partial charge in [0.15, 0.2) is 0 Å². The number of thioether (sulfide) groups is 1. The zero-order chi connectivity index (χ0) is 14.7. The second-order valence-electron chi connectivity index (χ2n) is 4.96. The number of fused-ring (bicyclic) bond motifs is 1. The molecule has 110 valence electrons. The molecule has 0 saturated heterocycles. The Balaban J connectivity index is 1.70. The molecule has 0 saturated carbocycles. The molecule has 5 heteroatoms. The standard InChI is InChI=1S/C16H17NO2S2/c18-8-5-11-1-3-12(4-2-11)17-16(19)15-13-6-9-20-14(13)7-10-21-15/h1-4,6,9,15,18H,5,7-8,10H2,(H,17,19)/t15-/m1/s1. The number of amides is 1. The van der Waals surface area contributed by atoms with Crippen molar-refractivity contribution in [2.75, 3.05) is 17.7 Å². The molecule has 1 aliphatic heterocycles. The normalized spacial score (nSPS) is 17.3. The summed E-state index contributed by atoms with van der Waals surface area (Å²) in [5.74, 6) is 1.05. The third-order valence-electron chi connectivity index (χ3n) is 3.54. The van der Waals surface area contributed by atoms with E-state index in [-0.39, 0.29) is 17.8 Å². The lowest BCUT2D eigenvalue weighted by atomic mass is 10.1. The fourth-order valence-corrected chi connectivity index (χ4v) is 4.75. The summed E-state index contributed by atoms with van der Waals surface area (Å²) in [5.41, 5.74) is 3.05. The summed E-state index contributed by atoms with van der Waals surface area (Å²) in [6.07, 6.45) is 1.71. The van der Waals surface area contributed by atoms with E-state index in [0.29, 0.717) is 6.42 Å². The highest BCUT2D eigenvalue weighted by Gasteiger charge is 2.27. The molecule has 2 aromatic rings. The van der Waals surface area contributed by atoms with Gasteiger partial charge in [-0.2, -0.15) is 0 Å². The predicted octanol–water partition coefficient (Wildman–Crippen LogP) is 3.25. The van der Waals surface area contributed by atoms with Crippen LogP contribution in [0, 0.1) is 0 Å². The first-order valence-corrected chi connectivity index (χ1v) is 8.89. The predicted molar refractivity (Wildman–Crippen MR) is 89.1 cm³/mol. The van der Waals surface area contributed by atoms with Gasteiger partial charge in [0.25, 0.3) is 0 Å². The van der Waals surface area contributed by atoms with Gasteiger partial charge in [-0.05, 0) is 53.3 Å². The molecule has 21 heavy (non-hydrogen) atoms. The molecule has 2 heterocycles. The van der Waals surface area contributed by atoms with E-state index in [1.165, 1.54) is 10.4 Å². The molecule has 1 aliphatic rings. The highest BCUT2D eigenvalue weighted by Crippen LogP contribution is 2.39. The molecule has 0 bridgehead atoms. The Bertz CT molecular complexity index is 621. The number of carbonyl (C=O) groups is 1. The lowest BCUT2D eigenvalue weighted by Gasteiger charge is -2.21. The number of aliphatic hydroxyl groups excluding tert-OH is 1. The van der Waals surface area contributed by atoms with Crippen molar-refractivity contribution in [1.29, 1.82) is 0 Å². The van der Waals surface area contributed by atoms with Crippen molar-refractivity contribution in [2.24, 2.45) is 0 Å². The Morgan fingerprint density at radius 3 is 2.86 bits per heavy atom. The van der Waals surface area contributed by atoms with Crippen LogP contribution in [0.2, 0.25) is 0 Å². The third-order valence-corrected chi connectivity index (χ3v) is 5.77. The zero-order valence-corrected chi connectivity index (χ0v) is 13.2. The highest BCUT2D eigenvalue weighted by molar-refractivity contribution is 8.00. The van der Waals surface area contributed by atoms with Crippen LogP contribution in [0.4, 0.5) is 5.69 Å². The van der Waals surface area contributed by atoms with Gasteiger partial charge < -0.3 is 10.4 Å². The van der Waals surface area contributed by atoms with E-state index in [2.05, 4.69) is 16.8 Å². The molecule has 0 unspecified atom stereocenters. The molecule has 0 radical (unpaired) electrons. The summed E-state index contributed by atoms with van der Waals surface area (Å²) in [4.78, 5) is 13.8. The average molecular weight is 319 g/mol. The first-order chi connectivity index (χ1) is 10.3. The minimum absolute atomic E-state index is 0.0502. The average Bonchev–Trinajstić information content (AvgIpc) is 2.98. The quantitative estimate of drug-likeness (QED) is 0.909. The summed E-state index contributed by atoms with van der Waals surface area (Å²) < 4.78 is 0. The number of hydrogen-bond acceptors (Lipinski definition) is 4. The number of rotatable bonds is 4. The lowest BCUT2D eigenvalue weighted by Crippen LogP contribution is -2.22. The molecule has 1 aromatic heterocycles. The molecule has 3 rings (SSSR count). The molecule has 1 amide bonds. The minimum Gasteiger partial charge on any atom is -0.396 e. The third kappa shape index (κ3) is 3.31. The van der Waals surface area contributed by atoms with Crippen LogP contribution >= 0.6 is 23.1 Å². The van der Waals surface area contributed by atoms with Crippen LogP contribution in [0.3, 0.4) is 0 Å². The summed E-state index contributed by atoms with van der Waals surface area (Å²) in [6, 6.07) is 9.74. The summed E-state index contributed by atoms with van der Waals surface area (Å²) >= 11 is 3.45. The molecule has 1 aromatic carbocycles. The van der Waals surface area contributed by atoms with Gasteiger partial charge in [-0.3, -0.25) is 4.79 Å². The molecule has 3 nitrogen and oxygen atoms in total. The maximum Gasteiger partial charge on any atom is 0.242 e. The van der Waals surface area contributed by atoms with Gasteiger partial charge in [-0.1, -0.05) is 12.1 Å². The largest absolute Gasteiger partial charge is 0.396 e. The number of benzene rings is 1. The van der Waals surface area contributed by atoms with Gasteiger partial charge >= 0.3 is 0 Å². The Labute approximate surface area is 132 Å². The molecular weight excluding hydrogens is 302 g/mol. The van der Waals surface area contributed by atoms with Gasteiger partial charge in [0.2, 0.25) is 5.91 Å². The second-order valence-corrected chi connectivity index (χ2v) is 7.17. The van der Waals surface area contributed by atoms with Crippen LogP contribution in [0.1, 0.15) is 21.3 Å². The van der Waals surface area contributed by atoms with Crippen molar-refractivity contribution in [1.82, 2.24) is 0 Å². The number of hydrogen-bond donors (Lipinski definition) is 2. The summed E-state index contributed by atoms with van der Waals surface area (Å²) in [5, 5.41) is 13.9. The fourth-order valence-electron chi connectivity index (χ4n) is 2.46. The maximum atomic E-state index is 12.5. The SMILES string of the molecule is O=C(Nc1ccc(CCO)cc1)[C@@H]1SCCc2sccc21. The Kier molecular flexibility index (Phi) is 4.63. The van der Waals surface area contributed by atoms with Gasteiger partial charge in [-0.25, -0.2) is 0 Å². The topological polar surface area (TPSA) is 49.3 Å². The lowest BCUT2D eigenvalue weighted by molar-refractivity contribution is -0.115. The monoisotopic (exact) mass is 319 g/mol. The molecule has 1 atom stereocenters. The molecule has 0 spiro atoms. The van der Waals surface area contributed by atoms with Crippen molar-refractivity contribution in [3.8, 4) is 0 Å². The smallest absolute Gasteiger partial charge is 0.242 e.